The molecule has 0 aliphatic heterocycles. The Hall–Kier alpha value is -1.44. The van der Waals surface area contributed by atoms with Gasteiger partial charge in [0.2, 0.25) is 10.0 Å². The maximum absolute atomic E-state index is 11.5. The quantitative estimate of drug-likeness (QED) is 0.906. The van der Waals surface area contributed by atoms with Gasteiger partial charge in [0, 0.05) is 17.3 Å². The molecule has 1 aromatic heterocycles. The Kier molecular flexibility index (Phi) is 3.88. The van der Waals surface area contributed by atoms with Gasteiger partial charge in [-0.3, -0.25) is 0 Å². The van der Waals surface area contributed by atoms with Crippen molar-refractivity contribution < 1.29 is 8.42 Å². The number of nitrogens with zero attached hydrogens (tertiary/aromatic N) is 1. The molecule has 0 aliphatic carbocycles. The third-order valence-electron chi connectivity index (χ3n) is 2.70. The van der Waals surface area contributed by atoms with E-state index in [9.17, 15) is 8.42 Å². The van der Waals surface area contributed by atoms with Gasteiger partial charge in [0.25, 0.3) is 0 Å². The van der Waals surface area contributed by atoms with Crippen molar-refractivity contribution in [3.8, 4) is 0 Å². The van der Waals surface area contributed by atoms with Crippen molar-refractivity contribution >= 4 is 27.0 Å². The third-order valence-corrected chi connectivity index (χ3v) is 4.71. The molecule has 0 radical (unpaired) electrons. The van der Waals surface area contributed by atoms with E-state index in [4.69, 9.17) is 5.14 Å². The summed E-state index contributed by atoms with van der Waals surface area (Å²) in [7, 11) is -3.70. The highest BCUT2D eigenvalue weighted by Crippen LogP contribution is 2.24. The predicted molar refractivity (Wildman–Crippen MR) is 76.7 cm³/mol. The van der Waals surface area contributed by atoms with E-state index in [-0.39, 0.29) is 10.9 Å². The van der Waals surface area contributed by atoms with Crippen LogP contribution in [0.5, 0.6) is 0 Å². The highest BCUT2D eigenvalue weighted by molar-refractivity contribution is 7.89. The summed E-state index contributed by atoms with van der Waals surface area (Å²) in [5.74, 6) is 0. The van der Waals surface area contributed by atoms with Crippen molar-refractivity contribution in [1.82, 2.24) is 4.98 Å². The Morgan fingerprint density at radius 3 is 2.74 bits per heavy atom. The smallest absolute Gasteiger partial charge is 0.238 e. The first-order chi connectivity index (χ1) is 8.88. The summed E-state index contributed by atoms with van der Waals surface area (Å²) in [5, 5.41) is 11.2. The van der Waals surface area contributed by atoms with E-state index in [1.807, 2.05) is 18.4 Å². The van der Waals surface area contributed by atoms with Gasteiger partial charge in [-0.2, -0.15) is 0 Å². The minimum Gasteiger partial charge on any atom is -0.376 e. The number of nitrogens with two attached hydrogens (primary N) is 1. The maximum atomic E-state index is 11.5. The van der Waals surface area contributed by atoms with Crippen molar-refractivity contribution in [3.05, 3.63) is 40.3 Å². The summed E-state index contributed by atoms with van der Waals surface area (Å²) in [5.41, 5.74) is 1.34. The molecule has 0 saturated carbocycles. The Morgan fingerprint density at radius 2 is 2.16 bits per heavy atom. The zero-order valence-electron chi connectivity index (χ0n) is 10.6. The molecule has 0 aliphatic rings. The molecule has 19 heavy (non-hydrogen) atoms. The first-order valence-electron chi connectivity index (χ1n) is 5.67. The maximum Gasteiger partial charge on any atom is 0.238 e. The van der Waals surface area contributed by atoms with Crippen LogP contribution in [0.1, 0.15) is 23.5 Å². The average Bonchev–Trinajstić information content (AvgIpc) is 2.83. The second kappa shape index (κ2) is 5.28. The summed E-state index contributed by atoms with van der Waals surface area (Å²) >= 11 is 1.55. The SMILES string of the molecule is Cc1ccc(NC(C)c2nccs2)cc1S(N)(=O)=O. The van der Waals surface area contributed by atoms with Gasteiger partial charge in [-0.1, -0.05) is 6.07 Å². The number of thiazole rings is 1. The van der Waals surface area contributed by atoms with Gasteiger partial charge in [0.1, 0.15) is 5.01 Å². The number of primary sulfonamides is 1. The van der Waals surface area contributed by atoms with E-state index < -0.39 is 10.0 Å². The standard InChI is InChI=1S/C12H15N3O2S2/c1-8-3-4-10(7-11(8)19(13,16)17)15-9(2)12-14-5-6-18-12/h3-7,9,15H,1-2H3,(H2,13,16,17). The zero-order chi connectivity index (χ0) is 14.0. The highest BCUT2D eigenvalue weighted by Gasteiger charge is 2.14. The molecule has 102 valence electrons. The molecular formula is C12H15N3O2S2. The number of anilines is 1. The summed E-state index contributed by atoms with van der Waals surface area (Å²) in [6.07, 6.45) is 1.74. The van der Waals surface area contributed by atoms with E-state index in [0.717, 1.165) is 5.01 Å². The van der Waals surface area contributed by atoms with Crippen LogP contribution in [0.2, 0.25) is 0 Å². The van der Waals surface area contributed by atoms with Gasteiger partial charge in [0.05, 0.1) is 10.9 Å². The van der Waals surface area contributed by atoms with E-state index in [1.165, 1.54) is 0 Å². The van der Waals surface area contributed by atoms with E-state index in [1.54, 1.807) is 36.6 Å². The second-order valence-corrected chi connectivity index (χ2v) is 6.72. The summed E-state index contributed by atoms with van der Waals surface area (Å²) in [6.45, 7) is 3.68. The fraction of sp³-hybridized carbons (Fsp3) is 0.250. The molecule has 0 amide bonds. The monoisotopic (exact) mass is 297 g/mol. The van der Waals surface area contributed by atoms with Gasteiger partial charge in [-0.25, -0.2) is 18.5 Å². The number of benzene rings is 1. The number of aromatic nitrogens is 1. The minimum atomic E-state index is -3.70. The van der Waals surface area contributed by atoms with E-state index in [2.05, 4.69) is 10.3 Å². The topological polar surface area (TPSA) is 85.1 Å². The second-order valence-electron chi connectivity index (χ2n) is 4.26. The van der Waals surface area contributed by atoms with Crippen molar-refractivity contribution in [2.75, 3.05) is 5.32 Å². The van der Waals surface area contributed by atoms with Crippen molar-refractivity contribution in [2.24, 2.45) is 5.14 Å². The normalized spacial score (nSPS) is 13.2. The Labute approximate surface area is 116 Å². The molecule has 1 heterocycles. The van der Waals surface area contributed by atoms with Crippen LogP contribution in [0.3, 0.4) is 0 Å². The molecule has 2 aromatic rings. The van der Waals surface area contributed by atoms with Gasteiger partial charge in [0.15, 0.2) is 0 Å². The van der Waals surface area contributed by atoms with E-state index >= 15 is 0 Å². The lowest BCUT2D eigenvalue weighted by Crippen LogP contribution is -2.14. The lowest BCUT2D eigenvalue weighted by atomic mass is 10.2. The molecule has 2 rings (SSSR count). The number of rotatable bonds is 4. The van der Waals surface area contributed by atoms with Gasteiger partial charge < -0.3 is 5.32 Å². The number of hydrogen-bond donors (Lipinski definition) is 2. The molecule has 3 N–H and O–H groups in total. The van der Waals surface area contributed by atoms with Crippen LogP contribution in [0.4, 0.5) is 5.69 Å². The van der Waals surface area contributed by atoms with Crippen LogP contribution in [0, 0.1) is 6.92 Å². The molecule has 0 saturated heterocycles. The molecule has 0 fully saturated rings. The zero-order valence-corrected chi connectivity index (χ0v) is 12.3. The number of aryl methyl sites for hydroxylation is 1. The fourth-order valence-corrected chi connectivity index (χ4v) is 3.21. The van der Waals surface area contributed by atoms with Crippen LogP contribution in [0.25, 0.3) is 0 Å². The predicted octanol–water partition coefficient (Wildman–Crippen LogP) is 2.27. The molecule has 7 heteroatoms. The number of sulfonamides is 1. The first kappa shape index (κ1) is 14.0. The highest BCUT2D eigenvalue weighted by atomic mass is 32.2. The molecule has 1 aromatic carbocycles. The Morgan fingerprint density at radius 1 is 1.42 bits per heavy atom. The molecule has 1 atom stereocenters. The lowest BCUT2D eigenvalue weighted by Gasteiger charge is -2.14. The van der Waals surface area contributed by atoms with E-state index in [0.29, 0.717) is 11.3 Å². The van der Waals surface area contributed by atoms with Crippen molar-refractivity contribution in [1.29, 1.82) is 0 Å². The fourth-order valence-electron chi connectivity index (χ4n) is 1.76. The summed E-state index contributed by atoms with van der Waals surface area (Å²) in [4.78, 5) is 4.36. The molecule has 1 unspecified atom stereocenters. The third kappa shape index (κ3) is 3.31. The Bertz CT molecular complexity index is 666. The first-order valence-corrected chi connectivity index (χ1v) is 8.10. The lowest BCUT2D eigenvalue weighted by molar-refractivity contribution is 0.597. The number of nitrogens with one attached hydrogen (secondary N) is 1. The van der Waals surface area contributed by atoms with Gasteiger partial charge >= 0.3 is 0 Å². The minimum absolute atomic E-state index is 0.0102. The van der Waals surface area contributed by atoms with Crippen LogP contribution in [-0.4, -0.2) is 13.4 Å². The largest absolute Gasteiger partial charge is 0.376 e. The Balaban J connectivity index is 2.27. The summed E-state index contributed by atoms with van der Waals surface area (Å²) < 4.78 is 22.9. The van der Waals surface area contributed by atoms with Crippen molar-refractivity contribution in [2.45, 2.75) is 24.8 Å². The average molecular weight is 297 g/mol. The molecular weight excluding hydrogens is 282 g/mol. The van der Waals surface area contributed by atoms with Crippen LogP contribution >= 0.6 is 11.3 Å². The van der Waals surface area contributed by atoms with Crippen molar-refractivity contribution in [3.63, 3.8) is 0 Å². The number of hydrogen-bond acceptors (Lipinski definition) is 5. The van der Waals surface area contributed by atoms with Gasteiger partial charge in [-0.15, -0.1) is 11.3 Å². The van der Waals surface area contributed by atoms with Gasteiger partial charge in [-0.05, 0) is 31.5 Å². The van der Waals surface area contributed by atoms with Crippen LogP contribution in [0.15, 0.2) is 34.7 Å². The van der Waals surface area contributed by atoms with Crippen LogP contribution in [-0.2, 0) is 10.0 Å². The van der Waals surface area contributed by atoms with Crippen LogP contribution < -0.4 is 10.5 Å². The molecule has 0 spiro atoms. The molecule has 5 nitrogen and oxygen atoms in total. The molecule has 0 bridgehead atoms. The summed E-state index contributed by atoms with van der Waals surface area (Å²) in [6, 6.07) is 5.12.